The summed E-state index contributed by atoms with van der Waals surface area (Å²) in [6.07, 6.45) is 0.261. The summed E-state index contributed by atoms with van der Waals surface area (Å²) in [6.45, 7) is 0. The van der Waals surface area contributed by atoms with Crippen molar-refractivity contribution in [2.75, 3.05) is 0 Å². The van der Waals surface area contributed by atoms with Crippen molar-refractivity contribution in [3.8, 4) is 5.75 Å². The van der Waals surface area contributed by atoms with Gasteiger partial charge in [-0.3, -0.25) is 0 Å². The maximum atomic E-state index is 12.6. The van der Waals surface area contributed by atoms with Crippen LogP contribution in [0.4, 0.5) is 0 Å². The summed E-state index contributed by atoms with van der Waals surface area (Å²) in [4.78, 5) is 25.6. The molecule has 6 heteroatoms. The van der Waals surface area contributed by atoms with Crippen LogP contribution in [0.2, 0.25) is 5.02 Å². The van der Waals surface area contributed by atoms with E-state index in [0.29, 0.717) is 15.3 Å². The third-order valence-electron chi connectivity index (χ3n) is 4.07. The predicted molar refractivity (Wildman–Crippen MR) is 106 cm³/mol. The van der Waals surface area contributed by atoms with Gasteiger partial charge in [0.1, 0.15) is 10.5 Å². The van der Waals surface area contributed by atoms with E-state index in [0.717, 1.165) is 5.56 Å². The molecule has 4 rings (SSSR count). The number of carbonyl (C=O) groups excluding carboxylic acids is 1. The van der Waals surface area contributed by atoms with Gasteiger partial charge in [-0.2, -0.15) is 0 Å². The SMILES string of the molecule is O=C(Oc1c(Cc2ccccc2)c(=O)oc2cccc(Cl)c12)c1cccs1. The Labute approximate surface area is 163 Å². The second-order valence-corrected chi connectivity index (χ2v) is 7.19. The molecule has 4 nitrogen and oxygen atoms in total. The Balaban J connectivity index is 1.90. The molecule has 0 aliphatic carbocycles. The minimum atomic E-state index is -0.553. The van der Waals surface area contributed by atoms with Gasteiger partial charge >= 0.3 is 11.6 Å². The van der Waals surface area contributed by atoms with Gasteiger partial charge in [0.2, 0.25) is 0 Å². The number of hydrogen-bond acceptors (Lipinski definition) is 5. The van der Waals surface area contributed by atoms with Crippen LogP contribution in [0.25, 0.3) is 11.0 Å². The van der Waals surface area contributed by atoms with Gasteiger partial charge < -0.3 is 9.15 Å². The zero-order valence-electron chi connectivity index (χ0n) is 14.0. The molecule has 0 aliphatic heterocycles. The first-order valence-corrected chi connectivity index (χ1v) is 9.43. The highest BCUT2D eigenvalue weighted by Crippen LogP contribution is 2.35. The fourth-order valence-electron chi connectivity index (χ4n) is 2.82. The molecule has 2 aromatic carbocycles. The maximum absolute atomic E-state index is 12.6. The molecule has 0 saturated carbocycles. The molecule has 27 heavy (non-hydrogen) atoms. The van der Waals surface area contributed by atoms with Crippen LogP contribution in [0, 0.1) is 0 Å². The quantitative estimate of drug-likeness (QED) is 0.346. The van der Waals surface area contributed by atoms with Gasteiger partial charge in [0.15, 0.2) is 5.75 Å². The monoisotopic (exact) mass is 396 g/mol. The molecule has 0 atom stereocenters. The van der Waals surface area contributed by atoms with E-state index in [9.17, 15) is 9.59 Å². The molecule has 0 N–H and O–H groups in total. The topological polar surface area (TPSA) is 56.5 Å². The number of benzene rings is 2. The lowest BCUT2D eigenvalue weighted by molar-refractivity contribution is 0.0740. The van der Waals surface area contributed by atoms with Crippen LogP contribution in [0.1, 0.15) is 20.8 Å². The van der Waals surface area contributed by atoms with Crippen molar-refractivity contribution in [1.82, 2.24) is 0 Å². The van der Waals surface area contributed by atoms with Gasteiger partial charge in [-0.05, 0) is 29.1 Å². The van der Waals surface area contributed by atoms with Crippen molar-refractivity contribution in [2.24, 2.45) is 0 Å². The number of rotatable bonds is 4. The summed E-state index contributed by atoms with van der Waals surface area (Å²) in [7, 11) is 0. The Hall–Kier alpha value is -2.89. The number of thiophene rings is 1. The van der Waals surface area contributed by atoms with Crippen LogP contribution >= 0.6 is 22.9 Å². The summed E-state index contributed by atoms with van der Waals surface area (Å²) in [5, 5.41) is 2.54. The van der Waals surface area contributed by atoms with E-state index in [-0.39, 0.29) is 23.3 Å². The number of ether oxygens (including phenoxy) is 1. The van der Waals surface area contributed by atoms with Crippen LogP contribution in [0.5, 0.6) is 5.75 Å². The van der Waals surface area contributed by atoms with Gasteiger partial charge in [-0.1, -0.05) is 54.1 Å². The molecular formula is C21H13ClO4S. The van der Waals surface area contributed by atoms with Gasteiger partial charge in [-0.25, -0.2) is 9.59 Å². The first-order chi connectivity index (χ1) is 13.1. The highest BCUT2D eigenvalue weighted by atomic mass is 35.5. The van der Waals surface area contributed by atoms with Crippen molar-refractivity contribution < 1.29 is 13.9 Å². The number of halogens is 1. The molecule has 4 aromatic rings. The number of hydrogen-bond donors (Lipinski definition) is 0. The van der Waals surface area contributed by atoms with E-state index in [1.807, 2.05) is 30.3 Å². The van der Waals surface area contributed by atoms with Crippen molar-refractivity contribution in [2.45, 2.75) is 6.42 Å². The average molecular weight is 397 g/mol. The Morgan fingerprint density at radius 1 is 1.04 bits per heavy atom. The number of fused-ring (bicyclic) bond motifs is 1. The Morgan fingerprint density at radius 3 is 2.59 bits per heavy atom. The highest BCUT2D eigenvalue weighted by molar-refractivity contribution is 7.12. The van der Waals surface area contributed by atoms with E-state index in [1.165, 1.54) is 11.3 Å². The summed E-state index contributed by atoms with van der Waals surface area (Å²) < 4.78 is 11.1. The van der Waals surface area contributed by atoms with E-state index in [2.05, 4.69) is 0 Å². The second kappa shape index (κ2) is 7.39. The molecule has 0 saturated heterocycles. The summed E-state index contributed by atoms with van der Waals surface area (Å²) >= 11 is 7.61. The van der Waals surface area contributed by atoms with Crippen molar-refractivity contribution in [1.29, 1.82) is 0 Å². The number of carbonyl (C=O) groups is 1. The fourth-order valence-corrected chi connectivity index (χ4v) is 3.67. The summed E-state index contributed by atoms with van der Waals surface area (Å²) in [5.41, 5.74) is 0.872. The first kappa shape index (κ1) is 17.5. The van der Waals surface area contributed by atoms with Gasteiger partial charge in [0, 0.05) is 6.42 Å². The highest BCUT2D eigenvalue weighted by Gasteiger charge is 2.22. The van der Waals surface area contributed by atoms with Crippen LogP contribution in [0.3, 0.4) is 0 Å². The average Bonchev–Trinajstić information content (AvgIpc) is 3.20. The standard InChI is InChI=1S/C21H13ClO4S/c22-15-8-4-9-16-18(15)19(26-21(24)17-10-5-11-27-17)14(20(23)25-16)12-13-6-2-1-3-7-13/h1-11H,12H2. The normalized spacial score (nSPS) is 10.9. The Morgan fingerprint density at radius 2 is 1.85 bits per heavy atom. The molecule has 0 aliphatic rings. The summed E-state index contributed by atoms with van der Waals surface area (Å²) in [6, 6.07) is 17.8. The van der Waals surface area contributed by atoms with Crippen LogP contribution in [-0.2, 0) is 6.42 Å². The van der Waals surface area contributed by atoms with Crippen molar-refractivity contribution >= 4 is 39.9 Å². The van der Waals surface area contributed by atoms with E-state index in [4.69, 9.17) is 20.8 Å². The summed E-state index contributed by atoms with van der Waals surface area (Å²) in [5.74, 6) is -0.389. The molecule has 0 amide bonds. The molecule has 0 radical (unpaired) electrons. The third kappa shape index (κ3) is 3.52. The largest absolute Gasteiger partial charge is 0.422 e. The lowest BCUT2D eigenvalue weighted by Gasteiger charge is -2.12. The minimum Gasteiger partial charge on any atom is -0.422 e. The molecule has 0 fully saturated rings. The van der Waals surface area contributed by atoms with Crippen LogP contribution in [0.15, 0.2) is 75.3 Å². The molecule has 0 unspecified atom stereocenters. The molecule has 2 aromatic heterocycles. The van der Waals surface area contributed by atoms with E-state index in [1.54, 1.807) is 35.7 Å². The molecule has 0 bridgehead atoms. The second-order valence-electron chi connectivity index (χ2n) is 5.84. The van der Waals surface area contributed by atoms with Crippen LogP contribution < -0.4 is 10.4 Å². The molecule has 2 heterocycles. The van der Waals surface area contributed by atoms with Gasteiger partial charge in [-0.15, -0.1) is 11.3 Å². The molecule has 0 spiro atoms. The van der Waals surface area contributed by atoms with E-state index < -0.39 is 11.6 Å². The van der Waals surface area contributed by atoms with Crippen LogP contribution in [-0.4, -0.2) is 5.97 Å². The zero-order valence-corrected chi connectivity index (χ0v) is 15.5. The number of esters is 1. The third-order valence-corrected chi connectivity index (χ3v) is 5.23. The predicted octanol–water partition coefficient (Wildman–Crippen LogP) is 5.32. The fraction of sp³-hybridized carbons (Fsp3) is 0.0476. The van der Waals surface area contributed by atoms with Gasteiger partial charge in [0.25, 0.3) is 0 Å². The zero-order chi connectivity index (χ0) is 18.8. The molecule has 134 valence electrons. The lowest BCUT2D eigenvalue weighted by atomic mass is 10.0. The minimum absolute atomic E-state index is 0.147. The molecular weight excluding hydrogens is 384 g/mol. The van der Waals surface area contributed by atoms with Crippen molar-refractivity contribution in [3.05, 3.63) is 97.5 Å². The Bertz CT molecular complexity index is 1160. The smallest absolute Gasteiger partial charge is 0.353 e. The lowest BCUT2D eigenvalue weighted by Crippen LogP contribution is -2.15. The van der Waals surface area contributed by atoms with E-state index >= 15 is 0 Å². The van der Waals surface area contributed by atoms with Gasteiger partial charge in [0.05, 0.1) is 16.0 Å². The first-order valence-electron chi connectivity index (χ1n) is 8.17. The Kier molecular flexibility index (Phi) is 4.79. The van der Waals surface area contributed by atoms with Crippen molar-refractivity contribution in [3.63, 3.8) is 0 Å². The maximum Gasteiger partial charge on any atom is 0.353 e.